The van der Waals surface area contributed by atoms with E-state index < -0.39 is 0 Å². The van der Waals surface area contributed by atoms with Crippen molar-refractivity contribution in [1.29, 1.82) is 0 Å². The summed E-state index contributed by atoms with van der Waals surface area (Å²) in [5.41, 5.74) is 0. The topological polar surface area (TPSA) is 26.7 Å². The number of β-amino-alcohol motifs (C(OH)–C–C–N with tert-alkyl or cyclic N) is 1. The van der Waals surface area contributed by atoms with Crippen LogP contribution in [0.15, 0.2) is 0 Å². The molecule has 1 rings (SSSR count). The van der Waals surface area contributed by atoms with Crippen molar-refractivity contribution in [2.75, 3.05) is 40.3 Å². The number of nitrogens with zero attached hydrogens (tertiary/aromatic N) is 2. The average Bonchev–Trinajstić information content (AvgIpc) is 2.08. The molecule has 0 aromatic heterocycles. The van der Waals surface area contributed by atoms with Gasteiger partial charge in [0.25, 0.3) is 0 Å². The molecule has 1 aliphatic rings. The van der Waals surface area contributed by atoms with Gasteiger partial charge in [-0.1, -0.05) is 6.42 Å². The van der Waals surface area contributed by atoms with E-state index in [0.29, 0.717) is 12.6 Å². The third-order valence-electron chi connectivity index (χ3n) is 2.71. The molecule has 0 bridgehead atoms. The second-order valence-electron chi connectivity index (χ2n) is 4.17. The second kappa shape index (κ2) is 5.58. The summed E-state index contributed by atoms with van der Waals surface area (Å²) in [5.74, 6) is 0. The fraction of sp³-hybridized carbons (Fsp3) is 1.00. The zero-order chi connectivity index (χ0) is 9.68. The van der Waals surface area contributed by atoms with Crippen molar-refractivity contribution in [3.05, 3.63) is 0 Å². The van der Waals surface area contributed by atoms with Gasteiger partial charge in [-0.2, -0.15) is 0 Å². The standard InChI is InChI=1S/C10H22N2O/c1-11(2)9-10-5-3-4-6-12(10)7-8-13/h10,13H,3-9H2,1-2H3. The van der Waals surface area contributed by atoms with E-state index in [1.54, 1.807) is 0 Å². The van der Waals surface area contributed by atoms with Crippen LogP contribution in [0, 0.1) is 0 Å². The van der Waals surface area contributed by atoms with E-state index in [4.69, 9.17) is 5.11 Å². The number of piperidine rings is 1. The Morgan fingerprint density at radius 3 is 2.77 bits per heavy atom. The molecule has 1 saturated heterocycles. The first-order valence-electron chi connectivity index (χ1n) is 5.23. The quantitative estimate of drug-likeness (QED) is 0.688. The van der Waals surface area contributed by atoms with Crippen LogP contribution in [0.25, 0.3) is 0 Å². The van der Waals surface area contributed by atoms with Gasteiger partial charge < -0.3 is 10.0 Å². The third-order valence-corrected chi connectivity index (χ3v) is 2.71. The van der Waals surface area contributed by atoms with Crippen LogP contribution in [0.3, 0.4) is 0 Å². The molecule has 13 heavy (non-hydrogen) atoms. The highest BCUT2D eigenvalue weighted by molar-refractivity contribution is 4.78. The number of hydrogen-bond acceptors (Lipinski definition) is 3. The maximum Gasteiger partial charge on any atom is 0.0558 e. The Morgan fingerprint density at radius 1 is 1.38 bits per heavy atom. The minimum Gasteiger partial charge on any atom is -0.395 e. The number of rotatable bonds is 4. The SMILES string of the molecule is CN(C)CC1CCCCN1CCO. The van der Waals surface area contributed by atoms with E-state index in [-0.39, 0.29) is 0 Å². The molecule has 1 aliphatic heterocycles. The smallest absolute Gasteiger partial charge is 0.0558 e. The normalized spacial score (nSPS) is 25.4. The first kappa shape index (κ1) is 11.0. The van der Waals surface area contributed by atoms with Gasteiger partial charge in [0.15, 0.2) is 0 Å². The highest BCUT2D eigenvalue weighted by atomic mass is 16.3. The molecule has 0 saturated carbocycles. The largest absolute Gasteiger partial charge is 0.395 e. The van der Waals surface area contributed by atoms with Gasteiger partial charge in [0.05, 0.1) is 6.61 Å². The van der Waals surface area contributed by atoms with Crippen LogP contribution in [0.1, 0.15) is 19.3 Å². The van der Waals surface area contributed by atoms with E-state index >= 15 is 0 Å². The Balaban J connectivity index is 2.36. The van der Waals surface area contributed by atoms with Crippen molar-refractivity contribution in [3.8, 4) is 0 Å². The summed E-state index contributed by atoms with van der Waals surface area (Å²) in [5, 5.41) is 8.92. The maximum absolute atomic E-state index is 8.92. The molecule has 78 valence electrons. The van der Waals surface area contributed by atoms with Crippen molar-refractivity contribution in [3.63, 3.8) is 0 Å². The summed E-state index contributed by atoms with van der Waals surface area (Å²) in [6.07, 6.45) is 3.93. The molecule has 1 heterocycles. The van der Waals surface area contributed by atoms with Crippen molar-refractivity contribution in [2.24, 2.45) is 0 Å². The van der Waals surface area contributed by atoms with Gasteiger partial charge in [0, 0.05) is 19.1 Å². The molecule has 1 N–H and O–H groups in total. The Morgan fingerprint density at radius 2 is 2.15 bits per heavy atom. The fourth-order valence-corrected chi connectivity index (χ4v) is 2.11. The third kappa shape index (κ3) is 3.63. The van der Waals surface area contributed by atoms with Gasteiger partial charge in [-0.05, 0) is 33.5 Å². The molecule has 1 atom stereocenters. The Labute approximate surface area is 81.3 Å². The van der Waals surface area contributed by atoms with E-state index in [1.807, 2.05) is 0 Å². The summed E-state index contributed by atoms with van der Waals surface area (Å²) in [6, 6.07) is 0.663. The monoisotopic (exact) mass is 186 g/mol. The second-order valence-corrected chi connectivity index (χ2v) is 4.17. The molecule has 0 aliphatic carbocycles. The number of likely N-dealkylation sites (N-methyl/N-ethyl adjacent to an activating group) is 1. The number of aliphatic hydroxyl groups is 1. The van der Waals surface area contributed by atoms with Crippen LogP contribution in [0.2, 0.25) is 0 Å². The number of aliphatic hydroxyl groups excluding tert-OH is 1. The van der Waals surface area contributed by atoms with Crippen LogP contribution in [-0.4, -0.2) is 61.3 Å². The maximum atomic E-state index is 8.92. The Bertz CT molecular complexity index is 137. The molecular formula is C10H22N2O. The molecule has 0 aromatic carbocycles. The Kier molecular flexibility index (Phi) is 4.70. The van der Waals surface area contributed by atoms with Crippen molar-refractivity contribution < 1.29 is 5.11 Å². The van der Waals surface area contributed by atoms with Crippen LogP contribution >= 0.6 is 0 Å². The van der Waals surface area contributed by atoms with Gasteiger partial charge in [-0.25, -0.2) is 0 Å². The highest BCUT2D eigenvalue weighted by Crippen LogP contribution is 2.16. The fourth-order valence-electron chi connectivity index (χ4n) is 2.11. The van der Waals surface area contributed by atoms with E-state index in [2.05, 4.69) is 23.9 Å². The number of hydrogen-bond donors (Lipinski definition) is 1. The van der Waals surface area contributed by atoms with E-state index in [9.17, 15) is 0 Å². The molecule has 3 nitrogen and oxygen atoms in total. The van der Waals surface area contributed by atoms with E-state index in [0.717, 1.165) is 13.1 Å². The lowest BCUT2D eigenvalue weighted by molar-refractivity contribution is 0.0980. The number of likely N-dealkylation sites (tertiary alicyclic amines) is 1. The van der Waals surface area contributed by atoms with Crippen LogP contribution in [0.4, 0.5) is 0 Å². The predicted molar refractivity (Wildman–Crippen MR) is 54.9 cm³/mol. The molecule has 1 fully saturated rings. The summed E-state index contributed by atoms with van der Waals surface area (Å²) < 4.78 is 0. The lowest BCUT2D eigenvalue weighted by Crippen LogP contribution is -2.46. The summed E-state index contributed by atoms with van der Waals surface area (Å²) >= 11 is 0. The predicted octanol–water partition coefficient (Wildman–Crippen LogP) is 0.395. The molecule has 0 aromatic rings. The first-order valence-corrected chi connectivity index (χ1v) is 5.23. The lowest BCUT2D eigenvalue weighted by atomic mass is 10.0. The van der Waals surface area contributed by atoms with Crippen molar-refractivity contribution in [2.45, 2.75) is 25.3 Å². The van der Waals surface area contributed by atoms with E-state index in [1.165, 1.54) is 25.8 Å². The van der Waals surface area contributed by atoms with Gasteiger partial charge in [-0.3, -0.25) is 4.90 Å². The molecule has 1 unspecified atom stereocenters. The van der Waals surface area contributed by atoms with Crippen molar-refractivity contribution in [1.82, 2.24) is 9.80 Å². The Hall–Kier alpha value is -0.120. The molecule has 0 radical (unpaired) electrons. The van der Waals surface area contributed by atoms with Gasteiger partial charge in [-0.15, -0.1) is 0 Å². The zero-order valence-corrected chi connectivity index (χ0v) is 8.87. The minimum absolute atomic E-state index is 0.296. The first-order chi connectivity index (χ1) is 6.24. The van der Waals surface area contributed by atoms with Crippen molar-refractivity contribution >= 4 is 0 Å². The molecule has 0 amide bonds. The summed E-state index contributed by atoms with van der Waals surface area (Å²) in [4.78, 5) is 4.66. The van der Waals surface area contributed by atoms with Gasteiger partial charge >= 0.3 is 0 Å². The zero-order valence-electron chi connectivity index (χ0n) is 8.87. The highest BCUT2D eigenvalue weighted by Gasteiger charge is 2.21. The van der Waals surface area contributed by atoms with Gasteiger partial charge in [0.1, 0.15) is 0 Å². The van der Waals surface area contributed by atoms with Crippen LogP contribution in [-0.2, 0) is 0 Å². The van der Waals surface area contributed by atoms with Crippen LogP contribution < -0.4 is 0 Å². The molecule has 3 heteroatoms. The summed E-state index contributed by atoms with van der Waals surface area (Å²) in [7, 11) is 4.23. The lowest BCUT2D eigenvalue weighted by Gasteiger charge is -2.36. The van der Waals surface area contributed by atoms with Crippen LogP contribution in [0.5, 0.6) is 0 Å². The summed E-state index contributed by atoms with van der Waals surface area (Å²) in [6.45, 7) is 3.43. The average molecular weight is 186 g/mol. The molecule has 0 spiro atoms. The minimum atomic E-state index is 0.296. The molecular weight excluding hydrogens is 164 g/mol. The van der Waals surface area contributed by atoms with Gasteiger partial charge in [0.2, 0.25) is 0 Å².